The molecule has 0 nitrogen and oxygen atoms in total. The second kappa shape index (κ2) is 6.21. The van der Waals surface area contributed by atoms with Gasteiger partial charge in [-0.15, -0.1) is 11.6 Å². The molecule has 0 bridgehead atoms. The predicted octanol–water partition coefficient (Wildman–Crippen LogP) is 5.35. The predicted molar refractivity (Wildman–Crippen MR) is 79.1 cm³/mol. The molecule has 0 saturated heterocycles. The van der Waals surface area contributed by atoms with Gasteiger partial charge in [-0.1, -0.05) is 50.2 Å². The maximum atomic E-state index is 12.9. The summed E-state index contributed by atoms with van der Waals surface area (Å²) in [6, 6.07) is 14.7. The third-order valence-electron chi connectivity index (χ3n) is 3.08. The molecule has 0 N–H and O–H groups in total. The summed E-state index contributed by atoms with van der Waals surface area (Å²) in [5.41, 5.74) is 3.28. The van der Waals surface area contributed by atoms with Gasteiger partial charge in [-0.2, -0.15) is 0 Å². The SMILES string of the molecule is CC(C)Cc1ccc(C(Cl)c2ccc(F)cc2)cc1. The molecule has 1 atom stereocenters. The summed E-state index contributed by atoms with van der Waals surface area (Å²) in [5, 5.41) is -0.228. The van der Waals surface area contributed by atoms with Crippen molar-refractivity contribution in [3.8, 4) is 0 Å². The highest BCUT2D eigenvalue weighted by molar-refractivity contribution is 6.22. The van der Waals surface area contributed by atoms with Gasteiger partial charge in [-0.25, -0.2) is 4.39 Å². The maximum absolute atomic E-state index is 12.9. The number of halogens is 2. The summed E-state index contributed by atoms with van der Waals surface area (Å²) in [6.45, 7) is 4.41. The van der Waals surface area contributed by atoms with Crippen LogP contribution in [0.25, 0.3) is 0 Å². The zero-order valence-electron chi connectivity index (χ0n) is 11.2. The van der Waals surface area contributed by atoms with Crippen LogP contribution in [0.15, 0.2) is 48.5 Å². The van der Waals surface area contributed by atoms with Crippen LogP contribution >= 0.6 is 11.6 Å². The van der Waals surface area contributed by atoms with E-state index >= 15 is 0 Å². The lowest BCUT2D eigenvalue weighted by atomic mass is 9.99. The highest BCUT2D eigenvalue weighted by Gasteiger charge is 2.10. The first-order valence-corrected chi connectivity index (χ1v) is 6.98. The fourth-order valence-corrected chi connectivity index (χ4v) is 2.41. The first-order chi connectivity index (χ1) is 9.06. The molecule has 19 heavy (non-hydrogen) atoms. The Hall–Kier alpha value is -1.34. The molecule has 2 rings (SSSR count). The van der Waals surface area contributed by atoms with E-state index in [9.17, 15) is 4.39 Å². The topological polar surface area (TPSA) is 0 Å². The number of rotatable bonds is 4. The van der Waals surface area contributed by atoms with E-state index in [-0.39, 0.29) is 11.2 Å². The fourth-order valence-electron chi connectivity index (χ4n) is 2.12. The minimum Gasteiger partial charge on any atom is -0.207 e. The Morgan fingerprint density at radius 2 is 1.37 bits per heavy atom. The number of hydrogen-bond donors (Lipinski definition) is 0. The average molecular weight is 277 g/mol. The van der Waals surface area contributed by atoms with Crippen molar-refractivity contribution in [3.05, 3.63) is 71.0 Å². The minimum absolute atomic E-state index is 0.228. The number of benzene rings is 2. The van der Waals surface area contributed by atoms with Gasteiger partial charge < -0.3 is 0 Å². The lowest BCUT2D eigenvalue weighted by Gasteiger charge is -2.12. The van der Waals surface area contributed by atoms with E-state index in [0.717, 1.165) is 17.5 Å². The van der Waals surface area contributed by atoms with Gasteiger partial charge in [0, 0.05) is 0 Å². The van der Waals surface area contributed by atoms with Crippen LogP contribution in [0.2, 0.25) is 0 Å². The normalized spacial score (nSPS) is 12.7. The summed E-state index contributed by atoms with van der Waals surface area (Å²) in [4.78, 5) is 0. The monoisotopic (exact) mass is 276 g/mol. The molecule has 0 fully saturated rings. The summed E-state index contributed by atoms with van der Waals surface area (Å²) < 4.78 is 12.9. The largest absolute Gasteiger partial charge is 0.207 e. The summed E-state index contributed by atoms with van der Waals surface area (Å²) >= 11 is 6.42. The van der Waals surface area contributed by atoms with Crippen LogP contribution in [0.4, 0.5) is 4.39 Å². The summed E-state index contributed by atoms with van der Waals surface area (Å²) in [7, 11) is 0. The standard InChI is InChI=1S/C17H18ClF/c1-12(2)11-13-3-5-14(6-4-13)17(18)15-7-9-16(19)10-8-15/h3-10,12,17H,11H2,1-2H3. The molecule has 0 aliphatic carbocycles. The van der Waals surface area contributed by atoms with E-state index in [0.29, 0.717) is 5.92 Å². The van der Waals surface area contributed by atoms with Crippen molar-refractivity contribution >= 4 is 11.6 Å². The second-order valence-electron chi connectivity index (χ2n) is 5.25. The molecule has 0 heterocycles. The lowest BCUT2D eigenvalue weighted by molar-refractivity contribution is 0.627. The minimum atomic E-state index is -0.236. The zero-order valence-corrected chi connectivity index (χ0v) is 12.0. The van der Waals surface area contributed by atoms with Crippen LogP contribution < -0.4 is 0 Å². The van der Waals surface area contributed by atoms with Crippen molar-refractivity contribution in [2.75, 3.05) is 0 Å². The second-order valence-corrected chi connectivity index (χ2v) is 5.69. The first-order valence-electron chi connectivity index (χ1n) is 6.54. The van der Waals surface area contributed by atoms with Crippen LogP contribution in [-0.4, -0.2) is 0 Å². The van der Waals surface area contributed by atoms with Crippen molar-refractivity contribution in [2.45, 2.75) is 25.6 Å². The Morgan fingerprint density at radius 3 is 1.84 bits per heavy atom. The van der Waals surface area contributed by atoms with Crippen LogP contribution in [-0.2, 0) is 6.42 Å². The van der Waals surface area contributed by atoms with Gasteiger partial charge in [0.15, 0.2) is 0 Å². The molecule has 0 aliphatic rings. The van der Waals surface area contributed by atoms with Crippen molar-refractivity contribution in [3.63, 3.8) is 0 Å². The molecule has 2 aromatic rings. The maximum Gasteiger partial charge on any atom is 0.123 e. The van der Waals surface area contributed by atoms with Gasteiger partial charge in [0.05, 0.1) is 5.38 Å². The van der Waals surface area contributed by atoms with Gasteiger partial charge in [0.25, 0.3) is 0 Å². The Morgan fingerprint density at radius 1 is 0.895 bits per heavy atom. The Labute approximate surface area is 119 Å². The summed E-state index contributed by atoms with van der Waals surface area (Å²) in [5.74, 6) is 0.412. The van der Waals surface area contributed by atoms with E-state index in [4.69, 9.17) is 11.6 Å². The van der Waals surface area contributed by atoms with E-state index in [1.807, 2.05) is 0 Å². The van der Waals surface area contributed by atoms with Crippen molar-refractivity contribution in [2.24, 2.45) is 5.92 Å². The third-order valence-corrected chi connectivity index (χ3v) is 3.58. The molecular formula is C17H18ClF. The van der Waals surface area contributed by atoms with Gasteiger partial charge in [0.1, 0.15) is 5.82 Å². The van der Waals surface area contributed by atoms with Crippen LogP contribution in [0.3, 0.4) is 0 Å². The van der Waals surface area contributed by atoms with E-state index < -0.39 is 0 Å². The van der Waals surface area contributed by atoms with Crippen molar-refractivity contribution < 1.29 is 4.39 Å². The van der Waals surface area contributed by atoms with Crippen molar-refractivity contribution in [1.29, 1.82) is 0 Å². The van der Waals surface area contributed by atoms with E-state index in [1.165, 1.54) is 17.7 Å². The first kappa shape index (κ1) is 14.1. The molecule has 0 spiro atoms. The van der Waals surface area contributed by atoms with E-state index in [1.54, 1.807) is 12.1 Å². The van der Waals surface area contributed by atoms with Crippen LogP contribution in [0.5, 0.6) is 0 Å². The Balaban J connectivity index is 2.15. The zero-order chi connectivity index (χ0) is 13.8. The molecule has 2 aromatic carbocycles. The third kappa shape index (κ3) is 3.81. The fraction of sp³-hybridized carbons (Fsp3) is 0.294. The van der Waals surface area contributed by atoms with Gasteiger partial charge in [0.2, 0.25) is 0 Å². The molecular weight excluding hydrogens is 259 g/mol. The molecule has 0 aliphatic heterocycles. The van der Waals surface area contributed by atoms with Gasteiger partial charge in [-0.05, 0) is 41.2 Å². The van der Waals surface area contributed by atoms with E-state index in [2.05, 4.69) is 38.1 Å². The molecule has 0 saturated carbocycles. The molecule has 2 heteroatoms. The van der Waals surface area contributed by atoms with Crippen LogP contribution in [0.1, 0.15) is 35.9 Å². The average Bonchev–Trinajstić information content (AvgIpc) is 2.39. The van der Waals surface area contributed by atoms with Crippen molar-refractivity contribution in [1.82, 2.24) is 0 Å². The molecule has 0 amide bonds. The van der Waals surface area contributed by atoms with Gasteiger partial charge in [-0.3, -0.25) is 0 Å². The smallest absolute Gasteiger partial charge is 0.123 e. The van der Waals surface area contributed by atoms with Gasteiger partial charge >= 0.3 is 0 Å². The lowest BCUT2D eigenvalue weighted by Crippen LogP contribution is -1.96. The Bertz CT molecular complexity index is 514. The Kier molecular flexibility index (Phi) is 4.60. The number of alkyl halides is 1. The van der Waals surface area contributed by atoms with Crippen LogP contribution in [0, 0.1) is 11.7 Å². The summed E-state index contributed by atoms with van der Waals surface area (Å²) in [6.07, 6.45) is 1.07. The highest BCUT2D eigenvalue weighted by atomic mass is 35.5. The molecule has 100 valence electrons. The molecule has 0 radical (unpaired) electrons. The molecule has 0 aromatic heterocycles. The number of hydrogen-bond acceptors (Lipinski definition) is 0. The quantitative estimate of drug-likeness (QED) is 0.660. The molecule has 1 unspecified atom stereocenters. The highest BCUT2D eigenvalue weighted by Crippen LogP contribution is 2.29.